The standard InChI is InChI=1S/C24H30BrN3O2/c1-7-28-21-10-15(2)17(11-19(21)16(3)13-24(28,4)5)14-26-27-23(29)20-12-18(25)8-9-22(20)30-6/h8-12,14,16H,7,13H2,1-6H3,(H,27,29)/b26-14-. The van der Waals surface area contributed by atoms with Crippen LogP contribution in [-0.2, 0) is 0 Å². The van der Waals surface area contributed by atoms with Crippen LogP contribution in [-0.4, -0.2) is 31.3 Å². The number of anilines is 1. The van der Waals surface area contributed by atoms with Crippen LogP contribution >= 0.6 is 15.9 Å². The van der Waals surface area contributed by atoms with E-state index < -0.39 is 0 Å². The van der Waals surface area contributed by atoms with Gasteiger partial charge in [-0.05, 0) is 87.1 Å². The molecule has 160 valence electrons. The predicted octanol–water partition coefficient (Wildman–Crippen LogP) is 5.64. The summed E-state index contributed by atoms with van der Waals surface area (Å²) >= 11 is 3.39. The van der Waals surface area contributed by atoms with E-state index in [4.69, 9.17) is 4.74 Å². The van der Waals surface area contributed by atoms with Crippen LogP contribution in [0.5, 0.6) is 5.75 Å². The fourth-order valence-electron chi connectivity index (χ4n) is 4.47. The van der Waals surface area contributed by atoms with Gasteiger partial charge >= 0.3 is 0 Å². The van der Waals surface area contributed by atoms with Crippen LogP contribution in [0.3, 0.4) is 0 Å². The van der Waals surface area contributed by atoms with Crippen LogP contribution in [0.1, 0.15) is 67.1 Å². The van der Waals surface area contributed by atoms with Gasteiger partial charge in [0.05, 0.1) is 18.9 Å². The molecule has 5 nitrogen and oxygen atoms in total. The lowest BCUT2D eigenvalue weighted by Crippen LogP contribution is -2.48. The Kier molecular flexibility index (Phi) is 6.56. The van der Waals surface area contributed by atoms with Crippen LogP contribution in [0.15, 0.2) is 39.9 Å². The van der Waals surface area contributed by atoms with Gasteiger partial charge in [-0.25, -0.2) is 5.43 Å². The summed E-state index contributed by atoms with van der Waals surface area (Å²) in [6, 6.07) is 9.76. The highest BCUT2D eigenvalue weighted by Gasteiger charge is 2.35. The first kappa shape index (κ1) is 22.3. The summed E-state index contributed by atoms with van der Waals surface area (Å²) in [5.41, 5.74) is 7.98. The number of aryl methyl sites for hydroxylation is 1. The highest BCUT2D eigenvalue weighted by molar-refractivity contribution is 9.10. The van der Waals surface area contributed by atoms with E-state index in [-0.39, 0.29) is 11.4 Å². The van der Waals surface area contributed by atoms with Crippen molar-refractivity contribution in [2.45, 2.75) is 52.5 Å². The van der Waals surface area contributed by atoms with Crippen LogP contribution in [0.2, 0.25) is 0 Å². The van der Waals surface area contributed by atoms with Crippen molar-refractivity contribution in [3.8, 4) is 5.75 Å². The smallest absolute Gasteiger partial charge is 0.275 e. The van der Waals surface area contributed by atoms with Crippen molar-refractivity contribution >= 4 is 33.7 Å². The van der Waals surface area contributed by atoms with Crippen LogP contribution in [0.4, 0.5) is 5.69 Å². The number of ether oxygens (including phenoxy) is 1. The van der Waals surface area contributed by atoms with Gasteiger partial charge in [-0.1, -0.05) is 22.9 Å². The minimum atomic E-state index is -0.313. The molecule has 30 heavy (non-hydrogen) atoms. The molecule has 0 aliphatic carbocycles. The first-order valence-corrected chi connectivity index (χ1v) is 11.1. The average Bonchev–Trinajstić information content (AvgIpc) is 2.68. The summed E-state index contributed by atoms with van der Waals surface area (Å²) < 4.78 is 6.08. The van der Waals surface area contributed by atoms with E-state index in [0.29, 0.717) is 17.2 Å². The Balaban J connectivity index is 1.85. The molecule has 2 aromatic carbocycles. The SMILES string of the molecule is CCN1c2cc(C)c(/C=N\NC(=O)c3cc(Br)ccc3OC)cc2C(C)CC1(C)C. The summed E-state index contributed by atoms with van der Waals surface area (Å²) in [6.07, 6.45) is 2.83. The van der Waals surface area contributed by atoms with E-state index >= 15 is 0 Å². The summed E-state index contributed by atoms with van der Waals surface area (Å²) in [7, 11) is 1.54. The normalized spacial score (nSPS) is 17.7. The van der Waals surface area contributed by atoms with Gasteiger partial charge in [-0.3, -0.25) is 4.79 Å². The topological polar surface area (TPSA) is 53.9 Å². The number of hydrogen-bond acceptors (Lipinski definition) is 4. The maximum atomic E-state index is 12.6. The number of benzene rings is 2. The number of rotatable bonds is 5. The number of hydrogen-bond donors (Lipinski definition) is 1. The summed E-state index contributed by atoms with van der Waals surface area (Å²) in [4.78, 5) is 15.0. The molecule has 1 heterocycles. The molecular weight excluding hydrogens is 442 g/mol. The summed E-state index contributed by atoms with van der Waals surface area (Å²) in [5.74, 6) is 0.658. The van der Waals surface area contributed by atoms with Gasteiger partial charge in [-0.15, -0.1) is 0 Å². The number of fused-ring (bicyclic) bond motifs is 1. The Morgan fingerprint density at radius 1 is 1.37 bits per heavy atom. The second-order valence-electron chi connectivity index (χ2n) is 8.47. The molecule has 1 aliphatic rings. The maximum absolute atomic E-state index is 12.6. The monoisotopic (exact) mass is 471 g/mol. The van der Waals surface area contributed by atoms with Crippen LogP contribution in [0.25, 0.3) is 0 Å². The number of nitrogens with zero attached hydrogens (tertiary/aromatic N) is 2. The number of methoxy groups -OCH3 is 1. The van der Waals surface area contributed by atoms with Crippen molar-refractivity contribution in [2.24, 2.45) is 5.10 Å². The second-order valence-corrected chi connectivity index (χ2v) is 9.39. The molecule has 6 heteroatoms. The molecule has 3 rings (SSSR count). The lowest BCUT2D eigenvalue weighted by molar-refractivity contribution is 0.0952. The minimum absolute atomic E-state index is 0.139. The zero-order valence-electron chi connectivity index (χ0n) is 18.5. The van der Waals surface area contributed by atoms with Gasteiger partial charge in [0.2, 0.25) is 0 Å². The van der Waals surface area contributed by atoms with E-state index in [2.05, 4.69) is 78.1 Å². The van der Waals surface area contributed by atoms with Gasteiger partial charge in [0.25, 0.3) is 5.91 Å². The molecule has 0 fully saturated rings. The molecule has 2 aromatic rings. The van der Waals surface area contributed by atoms with Gasteiger partial charge in [-0.2, -0.15) is 5.10 Å². The van der Waals surface area contributed by atoms with Gasteiger partial charge in [0.15, 0.2) is 0 Å². The number of amides is 1. The minimum Gasteiger partial charge on any atom is -0.496 e. The molecule has 1 amide bonds. The molecule has 0 saturated heterocycles. The fraction of sp³-hybridized carbons (Fsp3) is 0.417. The second kappa shape index (κ2) is 8.80. The van der Waals surface area contributed by atoms with Crippen molar-refractivity contribution in [2.75, 3.05) is 18.6 Å². The predicted molar refractivity (Wildman–Crippen MR) is 127 cm³/mol. The Morgan fingerprint density at radius 3 is 2.77 bits per heavy atom. The number of carbonyl (C=O) groups is 1. The summed E-state index contributed by atoms with van der Waals surface area (Å²) in [6.45, 7) is 12.2. The average molecular weight is 472 g/mol. The third kappa shape index (κ3) is 4.38. The quantitative estimate of drug-likeness (QED) is 0.453. The Labute approximate surface area is 187 Å². The Bertz CT molecular complexity index is 985. The lowest BCUT2D eigenvalue weighted by Gasteiger charge is -2.47. The summed E-state index contributed by atoms with van der Waals surface area (Å²) in [5, 5.41) is 4.22. The first-order valence-electron chi connectivity index (χ1n) is 10.3. The van der Waals surface area contributed by atoms with Crippen LogP contribution < -0.4 is 15.1 Å². The molecule has 1 aliphatic heterocycles. The third-order valence-electron chi connectivity index (χ3n) is 5.87. The zero-order valence-corrected chi connectivity index (χ0v) is 20.1. The number of carbonyl (C=O) groups excluding carboxylic acids is 1. The lowest BCUT2D eigenvalue weighted by atomic mass is 9.79. The molecule has 1 N–H and O–H groups in total. The van der Waals surface area contributed by atoms with E-state index in [9.17, 15) is 4.79 Å². The fourth-order valence-corrected chi connectivity index (χ4v) is 4.83. The van der Waals surface area contributed by atoms with Crippen molar-refractivity contribution in [1.29, 1.82) is 0 Å². The van der Waals surface area contributed by atoms with Crippen molar-refractivity contribution < 1.29 is 9.53 Å². The molecule has 1 atom stereocenters. The van der Waals surface area contributed by atoms with Gasteiger partial charge in [0, 0.05) is 22.2 Å². The molecule has 0 spiro atoms. The highest BCUT2D eigenvalue weighted by atomic mass is 79.9. The highest BCUT2D eigenvalue weighted by Crippen LogP contribution is 2.44. The zero-order chi connectivity index (χ0) is 22.1. The molecule has 1 unspecified atom stereocenters. The largest absolute Gasteiger partial charge is 0.496 e. The maximum Gasteiger partial charge on any atom is 0.275 e. The van der Waals surface area contributed by atoms with Crippen LogP contribution in [0, 0.1) is 6.92 Å². The first-order chi connectivity index (χ1) is 14.2. The van der Waals surface area contributed by atoms with E-state index in [1.807, 2.05) is 6.07 Å². The third-order valence-corrected chi connectivity index (χ3v) is 6.36. The van der Waals surface area contributed by atoms with E-state index in [0.717, 1.165) is 28.6 Å². The van der Waals surface area contributed by atoms with Crippen molar-refractivity contribution in [3.05, 3.63) is 57.1 Å². The number of nitrogens with one attached hydrogen (secondary N) is 1. The van der Waals surface area contributed by atoms with Gasteiger partial charge in [0.1, 0.15) is 5.75 Å². The van der Waals surface area contributed by atoms with Crippen molar-refractivity contribution in [3.63, 3.8) is 0 Å². The molecule has 0 radical (unpaired) electrons. The van der Waals surface area contributed by atoms with E-state index in [1.165, 1.54) is 11.3 Å². The Hall–Kier alpha value is -2.34. The number of halogens is 1. The number of hydrazone groups is 1. The van der Waals surface area contributed by atoms with Gasteiger partial charge < -0.3 is 9.64 Å². The molecule has 0 bridgehead atoms. The Morgan fingerprint density at radius 2 is 2.10 bits per heavy atom. The van der Waals surface area contributed by atoms with E-state index in [1.54, 1.807) is 25.5 Å². The molecule has 0 saturated carbocycles. The molecular formula is C24H30BrN3O2. The van der Waals surface area contributed by atoms with Crippen molar-refractivity contribution in [1.82, 2.24) is 5.43 Å². The molecule has 0 aromatic heterocycles.